The molecule has 130 valence electrons. The molecular weight excluding hydrogens is 425 g/mol. The van der Waals surface area contributed by atoms with Crippen molar-refractivity contribution in [3.63, 3.8) is 0 Å². The standard InChI is InChI=1S/C15H25N5OS.HI/c1-10(2)14(21)20-6-5-12(9-20)19-15(16-4)18-8-13-17-7-11(3)22-13;/h7,10,12H,5-6,8-9H2,1-4H3,(H2,16,18,19);1H. The number of carbonyl (C=O) groups excluding carboxylic acids is 1. The van der Waals surface area contributed by atoms with Gasteiger partial charge >= 0.3 is 0 Å². The Morgan fingerprint density at radius 3 is 2.87 bits per heavy atom. The van der Waals surface area contributed by atoms with Gasteiger partial charge in [0.15, 0.2) is 5.96 Å². The number of likely N-dealkylation sites (tertiary alicyclic amines) is 1. The van der Waals surface area contributed by atoms with Gasteiger partial charge in [-0.2, -0.15) is 0 Å². The Kier molecular flexibility index (Phi) is 8.24. The molecule has 8 heteroatoms. The third-order valence-electron chi connectivity index (χ3n) is 3.63. The molecule has 0 bridgehead atoms. The minimum absolute atomic E-state index is 0. The van der Waals surface area contributed by atoms with Gasteiger partial charge in [0, 0.05) is 43.2 Å². The molecule has 2 N–H and O–H groups in total. The van der Waals surface area contributed by atoms with Crippen molar-refractivity contribution in [1.82, 2.24) is 20.5 Å². The van der Waals surface area contributed by atoms with Crippen LogP contribution in [0.15, 0.2) is 11.2 Å². The summed E-state index contributed by atoms with van der Waals surface area (Å²) >= 11 is 1.68. The molecule has 1 amide bonds. The Hall–Kier alpha value is -0.900. The number of aliphatic imine (C=N–C) groups is 1. The summed E-state index contributed by atoms with van der Waals surface area (Å²) in [4.78, 5) is 23.7. The minimum Gasteiger partial charge on any atom is -0.352 e. The Morgan fingerprint density at radius 2 is 2.30 bits per heavy atom. The number of rotatable bonds is 4. The quantitative estimate of drug-likeness (QED) is 0.418. The zero-order valence-electron chi connectivity index (χ0n) is 14.1. The number of hydrogen-bond acceptors (Lipinski definition) is 4. The fraction of sp³-hybridized carbons (Fsp3) is 0.667. The van der Waals surface area contributed by atoms with Crippen molar-refractivity contribution in [2.45, 2.75) is 39.8 Å². The van der Waals surface area contributed by atoms with E-state index in [-0.39, 0.29) is 41.8 Å². The van der Waals surface area contributed by atoms with Crippen molar-refractivity contribution >= 4 is 47.2 Å². The van der Waals surface area contributed by atoms with Gasteiger partial charge in [0.1, 0.15) is 5.01 Å². The van der Waals surface area contributed by atoms with E-state index >= 15 is 0 Å². The van der Waals surface area contributed by atoms with E-state index in [4.69, 9.17) is 0 Å². The van der Waals surface area contributed by atoms with Crippen molar-refractivity contribution in [3.8, 4) is 0 Å². The van der Waals surface area contributed by atoms with E-state index in [9.17, 15) is 4.79 Å². The van der Waals surface area contributed by atoms with Crippen LogP contribution in [0.2, 0.25) is 0 Å². The molecule has 0 saturated carbocycles. The fourth-order valence-corrected chi connectivity index (χ4v) is 3.20. The molecule has 0 radical (unpaired) electrons. The molecule has 1 atom stereocenters. The molecule has 0 spiro atoms. The SMILES string of the molecule is CN=C(NCc1ncc(C)s1)NC1CCN(C(=O)C(C)C)C1.I. The van der Waals surface area contributed by atoms with E-state index in [2.05, 4.69) is 20.6 Å². The number of halogens is 1. The number of nitrogens with one attached hydrogen (secondary N) is 2. The second-order valence-electron chi connectivity index (χ2n) is 5.86. The van der Waals surface area contributed by atoms with Crippen LogP contribution in [0, 0.1) is 12.8 Å². The molecule has 2 heterocycles. The number of guanidine groups is 1. The van der Waals surface area contributed by atoms with Crippen LogP contribution in [-0.2, 0) is 11.3 Å². The average molecular weight is 451 g/mol. The second kappa shape index (κ2) is 9.41. The molecule has 6 nitrogen and oxygen atoms in total. The highest BCUT2D eigenvalue weighted by molar-refractivity contribution is 14.0. The largest absolute Gasteiger partial charge is 0.352 e. The maximum atomic E-state index is 12.0. The van der Waals surface area contributed by atoms with Gasteiger partial charge in [-0.25, -0.2) is 4.98 Å². The van der Waals surface area contributed by atoms with Crippen LogP contribution in [0.5, 0.6) is 0 Å². The molecule has 23 heavy (non-hydrogen) atoms. The first-order valence-electron chi connectivity index (χ1n) is 7.67. The molecule has 1 aliphatic rings. The first-order valence-corrected chi connectivity index (χ1v) is 8.48. The third kappa shape index (κ3) is 5.91. The second-order valence-corrected chi connectivity index (χ2v) is 7.18. The van der Waals surface area contributed by atoms with Crippen LogP contribution in [0.1, 0.15) is 30.2 Å². The zero-order valence-corrected chi connectivity index (χ0v) is 17.3. The van der Waals surface area contributed by atoms with Gasteiger partial charge in [0.2, 0.25) is 5.91 Å². The molecule has 1 fully saturated rings. The predicted octanol–water partition coefficient (Wildman–Crippen LogP) is 1.99. The number of aromatic nitrogens is 1. The predicted molar refractivity (Wildman–Crippen MR) is 105 cm³/mol. The summed E-state index contributed by atoms with van der Waals surface area (Å²) < 4.78 is 0. The lowest BCUT2D eigenvalue weighted by Crippen LogP contribution is -2.45. The molecule has 1 saturated heterocycles. The van der Waals surface area contributed by atoms with Crippen molar-refractivity contribution in [2.24, 2.45) is 10.9 Å². The maximum Gasteiger partial charge on any atom is 0.225 e. The fourth-order valence-electron chi connectivity index (χ4n) is 2.47. The van der Waals surface area contributed by atoms with Gasteiger partial charge in [-0.3, -0.25) is 9.79 Å². The van der Waals surface area contributed by atoms with Gasteiger partial charge in [-0.1, -0.05) is 13.8 Å². The highest BCUT2D eigenvalue weighted by Crippen LogP contribution is 2.13. The molecule has 2 rings (SSSR count). The lowest BCUT2D eigenvalue weighted by molar-refractivity contribution is -0.133. The number of aryl methyl sites for hydroxylation is 1. The Bertz CT molecular complexity index is 546. The van der Waals surface area contributed by atoms with Crippen LogP contribution >= 0.6 is 35.3 Å². The summed E-state index contributed by atoms with van der Waals surface area (Å²) in [7, 11) is 1.76. The van der Waals surface area contributed by atoms with Gasteiger partial charge in [0.25, 0.3) is 0 Å². The number of carbonyl (C=O) groups is 1. The van der Waals surface area contributed by atoms with Gasteiger partial charge in [-0.05, 0) is 13.3 Å². The minimum atomic E-state index is 0. The van der Waals surface area contributed by atoms with Crippen molar-refractivity contribution in [3.05, 3.63) is 16.1 Å². The number of nitrogens with zero attached hydrogens (tertiary/aromatic N) is 3. The lowest BCUT2D eigenvalue weighted by Gasteiger charge is -2.20. The van der Waals surface area contributed by atoms with Gasteiger partial charge < -0.3 is 15.5 Å². The summed E-state index contributed by atoms with van der Waals surface area (Å²) in [6.45, 7) is 8.16. The normalized spacial score (nSPS) is 18.0. The van der Waals surface area contributed by atoms with Crippen LogP contribution in [0.25, 0.3) is 0 Å². The Balaban J connectivity index is 0.00000264. The monoisotopic (exact) mass is 451 g/mol. The highest BCUT2D eigenvalue weighted by atomic mass is 127. The topological polar surface area (TPSA) is 69.6 Å². The molecule has 0 aromatic carbocycles. The van der Waals surface area contributed by atoms with Gasteiger partial charge in [0.05, 0.1) is 6.54 Å². The van der Waals surface area contributed by atoms with E-state index in [0.29, 0.717) is 6.54 Å². The molecule has 1 unspecified atom stereocenters. The first-order chi connectivity index (χ1) is 10.5. The van der Waals surface area contributed by atoms with E-state index in [1.54, 1.807) is 18.4 Å². The number of amides is 1. The molecule has 1 aromatic heterocycles. The van der Waals surface area contributed by atoms with Crippen molar-refractivity contribution in [2.75, 3.05) is 20.1 Å². The maximum absolute atomic E-state index is 12.0. The third-order valence-corrected chi connectivity index (χ3v) is 4.55. The summed E-state index contributed by atoms with van der Waals surface area (Å²) in [6, 6.07) is 0.256. The van der Waals surface area contributed by atoms with E-state index in [0.717, 1.165) is 30.5 Å². The zero-order chi connectivity index (χ0) is 16.1. The molecule has 0 aliphatic carbocycles. The van der Waals surface area contributed by atoms with Crippen LogP contribution in [0.3, 0.4) is 0 Å². The van der Waals surface area contributed by atoms with Crippen LogP contribution in [-0.4, -0.2) is 47.9 Å². The van der Waals surface area contributed by atoms with E-state index in [1.807, 2.05) is 31.9 Å². The van der Waals surface area contributed by atoms with E-state index in [1.165, 1.54) is 4.88 Å². The Labute approximate surface area is 159 Å². The lowest BCUT2D eigenvalue weighted by atomic mass is 10.2. The van der Waals surface area contributed by atoms with Gasteiger partial charge in [-0.15, -0.1) is 35.3 Å². The van der Waals surface area contributed by atoms with Crippen molar-refractivity contribution in [1.29, 1.82) is 0 Å². The highest BCUT2D eigenvalue weighted by Gasteiger charge is 2.27. The number of thiazole rings is 1. The molecular formula is C15H26IN5OS. The average Bonchev–Trinajstić information content (AvgIpc) is 3.11. The smallest absolute Gasteiger partial charge is 0.225 e. The summed E-state index contributed by atoms with van der Waals surface area (Å²) in [5, 5.41) is 7.71. The summed E-state index contributed by atoms with van der Waals surface area (Å²) in [5.41, 5.74) is 0. The van der Waals surface area contributed by atoms with E-state index < -0.39 is 0 Å². The number of hydrogen-bond donors (Lipinski definition) is 2. The van der Waals surface area contributed by atoms with Crippen LogP contribution in [0.4, 0.5) is 0 Å². The first kappa shape index (κ1) is 20.1. The summed E-state index contributed by atoms with van der Waals surface area (Å²) in [5.74, 6) is 1.05. The molecule has 1 aliphatic heterocycles. The van der Waals surface area contributed by atoms with Crippen LogP contribution < -0.4 is 10.6 Å². The Morgan fingerprint density at radius 1 is 1.57 bits per heavy atom. The van der Waals surface area contributed by atoms with Crippen molar-refractivity contribution < 1.29 is 4.79 Å². The summed E-state index contributed by atoms with van der Waals surface area (Å²) in [6.07, 6.45) is 2.83. The molecule has 1 aromatic rings.